The second-order valence-electron chi connectivity index (χ2n) is 8.26. The van der Waals surface area contributed by atoms with E-state index < -0.39 is 23.8 Å². The van der Waals surface area contributed by atoms with Gasteiger partial charge < -0.3 is 29.2 Å². The fraction of sp³-hybridized carbons (Fsp3) is 0.591. The fourth-order valence-electron chi connectivity index (χ4n) is 3.14. The van der Waals surface area contributed by atoms with E-state index in [-0.39, 0.29) is 31.8 Å². The average molecular weight is 437 g/mol. The number of alkyl carbamates (subject to hydrolysis) is 1. The number of piperidine rings is 1. The van der Waals surface area contributed by atoms with Crippen molar-refractivity contribution in [2.24, 2.45) is 0 Å². The first-order chi connectivity index (χ1) is 14.7. The number of hydrogen-bond donors (Lipinski definition) is 1. The number of carbonyl (C=O) groups is 3. The smallest absolute Gasteiger partial charge is 0.407 e. The maximum atomic E-state index is 12.9. The van der Waals surface area contributed by atoms with Crippen LogP contribution < -0.4 is 5.32 Å². The average Bonchev–Trinajstić information content (AvgIpc) is 2.72. The van der Waals surface area contributed by atoms with Crippen LogP contribution in [0.4, 0.5) is 4.79 Å². The molecule has 2 atom stereocenters. The van der Waals surface area contributed by atoms with Gasteiger partial charge in [-0.1, -0.05) is 30.3 Å². The van der Waals surface area contributed by atoms with Crippen molar-refractivity contribution >= 4 is 18.0 Å². The monoisotopic (exact) mass is 436 g/mol. The van der Waals surface area contributed by atoms with Crippen LogP contribution in [0.2, 0.25) is 0 Å². The van der Waals surface area contributed by atoms with E-state index in [0.29, 0.717) is 19.4 Å². The van der Waals surface area contributed by atoms with Crippen molar-refractivity contribution in [3.05, 3.63) is 35.9 Å². The SMILES string of the molecule is COC(=O)CN1C(=O)[C@@H](OCOCc2ccccc2)CC[C@@H]1CNC(=O)OC(C)(C)C. The molecule has 0 unspecified atom stereocenters. The van der Waals surface area contributed by atoms with Crippen LogP contribution in [0.1, 0.15) is 39.2 Å². The lowest BCUT2D eigenvalue weighted by atomic mass is 9.99. The molecule has 1 saturated heterocycles. The number of amides is 2. The van der Waals surface area contributed by atoms with Gasteiger partial charge in [-0.05, 0) is 39.2 Å². The van der Waals surface area contributed by atoms with Gasteiger partial charge in [-0.2, -0.15) is 0 Å². The van der Waals surface area contributed by atoms with Gasteiger partial charge in [0.1, 0.15) is 25.0 Å². The Kier molecular flexibility index (Phi) is 9.26. The molecule has 1 N–H and O–H groups in total. The molecule has 1 aliphatic rings. The summed E-state index contributed by atoms with van der Waals surface area (Å²) < 4.78 is 21.1. The van der Waals surface area contributed by atoms with Gasteiger partial charge in [0.05, 0.1) is 19.8 Å². The van der Waals surface area contributed by atoms with Crippen LogP contribution >= 0.6 is 0 Å². The third kappa shape index (κ3) is 8.55. The standard InChI is InChI=1S/C22H32N2O7/c1-22(2,3)31-21(27)23-12-17-10-11-18(20(26)24(17)13-19(25)28-4)30-15-29-14-16-8-6-5-7-9-16/h5-9,17-18H,10-15H2,1-4H3,(H,23,27)/t17-,18+/m1/s1. The molecule has 1 fully saturated rings. The van der Waals surface area contributed by atoms with Crippen LogP contribution in [0.25, 0.3) is 0 Å². The number of rotatable bonds is 9. The van der Waals surface area contributed by atoms with Gasteiger partial charge in [0.15, 0.2) is 0 Å². The normalized spacial score (nSPS) is 19.1. The Hall–Kier alpha value is -2.65. The van der Waals surface area contributed by atoms with Gasteiger partial charge >= 0.3 is 12.1 Å². The van der Waals surface area contributed by atoms with Crippen molar-refractivity contribution in [1.29, 1.82) is 0 Å². The van der Waals surface area contributed by atoms with E-state index in [1.165, 1.54) is 12.0 Å². The molecule has 9 heteroatoms. The summed E-state index contributed by atoms with van der Waals surface area (Å²) in [6, 6.07) is 9.26. The maximum Gasteiger partial charge on any atom is 0.407 e. The third-order valence-corrected chi connectivity index (χ3v) is 4.63. The van der Waals surface area contributed by atoms with E-state index in [9.17, 15) is 14.4 Å². The zero-order valence-electron chi connectivity index (χ0n) is 18.6. The minimum absolute atomic E-state index is 0.0435. The van der Waals surface area contributed by atoms with Crippen molar-refractivity contribution in [1.82, 2.24) is 10.2 Å². The molecule has 2 rings (SSSR count). The molecular weight excluding hydrogens is 404 g/mol. The first-order valence-corrected chi connectivity index (χ1v) is 10.3. The van der Waals surface area contributed by atoms with Gasteiger partial charge in [0.2, 0.25) is 0 Å². The summed E-state index contributed by atoms with van der Waals surface area (Å²) in [4.78, 5) is 38.1. The van der Waals surface area contributed by atoms with Crippen LogP contribution in [0, 0.1) is 0 Å². The second kappa shape index (κ2) is 11.7. The number of carbonyl (C=O) groups excluding carboxylic acids is 3. The number of hydrogen-bond acceptors (Lipinski definition) is 7. The summed E-state index contributed by atoms with van der Waals surface area (Å²) in [5, 5.41) is 2.66. The van der Waals surface area contributed by atoms with Crippen molar-refractivity contribution in [2.45, 2.75) is 58.0 Å². The predicted octanol–water partition coefficient (Wildman–Crippen LogP) is 2.23. The Morgan fingerprint density at radius 1 is 1.16 bits per heavy atom. The summed E-state index contributed by atoms with van der Waals surface area (Å²) in [6.07, 6.45) is -0.308. The van der Waals surface area contributed by atoms with Crippen molar-refractivity contribution in [2.75, 3.05) is 27.0 Å². The molecule has 0 saturated carbocycles. The number of ether oxygens (including phenoxy) is 4. The van der Waals surface area contributed by atoms with Crippen molar-refractivity contribution in [3.63, 3.8) is 0 Å². The number of esters is 1. The van der Waals surface area contributed by atoms with Crippen molar-refractivity contribution in [3.8, 4) is 0 Å². The second-order valence-corrected chi connectivity index (χ2v) is 8.26. The lowest BCUT2D eigenvalue weighted by Crippen LogP contribution is -2.56. The summed E-state index contributed by atoms with van der Waals surface area (Å²) in [6.45, 7) is 5.57. The summed E-state index contributed by atoms with van der Waals surface area (Å²) in [5.74, 6) is -0.882. The molecule has 0 aliphatic carbocycles. The molecule has 0 radical (unpaired) electrons. The van der Waals surface area contributed by atoms with Gasteiger partial charge in [0, 0.05) is 6.54 Å². The maximum absolute atomic E-state index is 12.9. The molecule has 1 aromatic carbocycles. The largest absolute Gasteiger partial charge is 0.468 e. The molecule has 0 bridgehead atoms. The topological polar surface area (TPSA) is 103 Å². The fourth-order valence-corrected chi connectivity index (χ4v) is 3.14. The summed E-state index contributed by atoms with van der Waals surface area (Å²) in [7, 11) is 1.26. The molecule has 0 spiro atoms. The molecular formula is C22H32N2O7. The van der Waals surface area contributed by atoms with E-state index in [0.717, 1.165) is 5.56 Å². The number of methoxy groups -OCH3 is 1. The number of nitrogens with one attached hydrogen (secondary N) is 1. The first-order valence-electron chi connectivity index (χ1n) is 10.3. The highest BCUT2D eigenvalue weighted by molar-refractivity contribution is 5.86. The van der Waals surface area contributed by atoms with Gasteiger partial charge in [-0.15, -0.1) is 0 Å². The third-order valence-electron chi connectivity index (χ3n) is 4.63. The Bertz CT molecular complexity index is 733. The first kappa shape index (κ1) is 24.6. The highest BCUT2D eigenvalue weighted by Crippen LogP contribution is 2.21. The van der Waals surface area contributed by atoms with Crippen LogP contribution in [0.3, 0.4) is 0 Å². The Balaban J connectivity index is 1.88. The minimum Gasteiger partial charge on any atom is -0.468 e. The minimum atomic E-state index is -0.724. The molecule has 2 amide bonds. The molecule has 1 aromatic rings. The van der Waals surface area contributed by atoms with Crippen LogP contribution in [0.5, 0.6) is 0 Å². The summed E-state index contributed by atoms with van der Waals surface area (Å²) >= 11 is 0. The number of benzene rings is 1. The number of nitrogens with zero attached hydrogens (tertiary/aromatic N) is 1. The molecule has 9 nitrogen and oxygen atoms in total. The molecule has 1 heterocycles. The number of likely N-dealkylation sites (tertiary alicyclic amines) is 1. The zero-order chi connectivity index (χ0) is 22.9. The molecule has 1 aliphatic heterocycles. The molecule has 0 aromatic heterocycles. The molecule has 31 heavy (non-hydrogen) atoms. The van der Waals surface area contributed by atoms with Gasteiger partial charge in [-0.3, -0.25) is 9.59 Å². The lowest BCUT2D eigenvalue weighted by molar-refractivity contribution is -0.168. The van der Waals surface area contributed by atoms with Gasteiger partial charge in [0.25, 0.3) is 5.91 Å². The van der Waals surface area contributed by atoms with Gasteiger partial charge in [-0.25, -0.2) is 4.79 Å². The highest BCUT2D eigenvalue weighted by atomic mass is 16.7. The Morgan fingerprint density at radius 2 is 1.87 bits per heavy atom. The molecule has 172 valence electrons. The van der Waals surface area contributed by atoms with E-state index in [4.69, 9.17) is 18.9 Å². The quantitative estimate of drug-likeness (QED) is 0.360. The predicted molar refractivity (Wildman–Crippen MR) is 112 cm³/mol. The van der Waals surface area contributed by atoms with Crippen LogP contribution in [-0.2, 0) is 35.1 Å². The van der Waals surface area contributed by atoms with Crippen LogP contribution in [-0.4, -0.2) is 67.6 Å². The van der Waals surface area contributed by atoms with Crippen LogP contribution in [0.15, 0.2) is 30.3 Å². The Morgan fingerprint density at radius 3 is 2.52 bits per heavy atom. The Labute approximate surface area is 183 Å². The zero-order valence-corrected chi connectivity index (χ0v) is 18.6. The summed E-state index contributed by atoms with van der Waals surface area (Å²) in [5.41, 5.74) is 0.373. The highest BCUT2D eigenvalue weighted by Gasteiger charge is 2.37. The van der Waals surface area contributed by atoms with E-state index in [1.54, 1.807) is 20.8 Å². The van der Waals surface area contributed by atoms with E-state index in [1.807, 2.05) is 30.3 Å². The van der Waals surface area contributed by atoms with Crippen molar-refractivity contribution < 1.29 is 33.3 Å². The lowest BCUT2D eigenvalue weighted by Gasteiger charge is -2.38. The van der Waals surface area contributed by atoms with E-state index >= 15 is 0 Å². The van der Waals surface area contributed by atoms with E-state index in [2.05, 4.69) is 5.32 Å².